The molecule has 128 valence electrons. The van der Waals surface area contributed by atoms with E-state index in [1.165, 1.54) is 6.92 Å². The molecule has 0 aromatic carbocycles. The van der Waals surface area contributed by atoms with Gasteiger partial charge in [0, 0.05) is 6.92 Å². The minimum atomic E-state index is -0.305. The van der Waals surface area contributed by atoms with Crippen LogP contribution in [0, 0.1) is 12.3 Å². The first-order valence-corrected chi connectivity index (χ1v) is 7.23. The maximum atomic E-state index is 10.5. The average Bonchev–Trinajstić information content (AvgIpc) is 2.50. The number of rotatable bonds is 16. The largest absolute Gasteiger partial charge is 0.463 e. The van der Waals surface area contributed by atoms with Gasteiger partial charge in [0.2, 0.25) is 0 Å². The molecule has 0 aliphatic carbocycles. The van der Waals surface area contributed by atoms with Gasteiger partial charge in [0.15, 0.2) is 0 Å². The molecule has 22 heavy (non-hydrogen) atoms. The zero-order valence-electron chi connectivity index (χ0n) is 13.2. The lowest BCUT2D eigenvalue weighted by molar-refractivity contribution is -0.142. The van der Waals surface area contributed by atoms with Gasteiger partial charge in [0.1, 0.15) is 13.2 Å². The van der Waals surface area contributed by atoms with Gasteiger partial charge in [-0.15, -0.1) is 6.42 Å². The maximum absolute atomic E-state index is 10.5. The second-order valence-electron chi connectivity index (χ2n) is 4.05. The molecule has 0 spiro atoms. The van der Waals surface area contributed by atoms with Crippen molar-refractivity contribution < 1.29 is 33.2 Å². The standard InChI is InChI=1S/C15H26O7/c1-3-4-17-5-6-18-7-8-19-9-10-20-11-12-21-13-14-22-15(2)16/h1H,4-14H2,2H3. The molecule has 0 aromatic rings. The first-order chi connectivity index (χ1) is 10.8. The monoisotopic (exact) mass is 318 g/mol. The summed E-state index contributed by atoms with van der Waals surface area (Å²) in [6.45, 7) is 6.28. The summed E-state index contributed by atoms with van der Waals surface area (Å²) in [5, 5.41) is 0. The van der Waals surface area contributed by atoms with Crippen molar-refractivity contribution in [3.8, 4) is 12.3 Å². The summed E-state index contributed by atoms with van der Waals surface area (Å²) in [6.07, 6.45) is 5.03. The highest BCUT2D eigenvalue weighted by Gasteiger charge is 1.94. The fraction of sp³-hybridized carbons (Fsp3) is 0.800. The molecular formula is C15H26O7. The van der Waals surface area contributed by atoms with Gasteiger partial charge in [-0.05, 0) is 0 Å². The van der Waals surface area contributed by atoms with E-state index in [2.05, 4.69) is 5.92 Å². The Morgan fingerprint density at radius 2 is 1.09 bits per heavy atom. The Bertz CT molecular complexity index is 288. The van der Waals surface area contributed by atoms with E-state index in [1.807, 2.05) is 0 Å². The fourth-order valence-corrected chi connectivity index (χ4v) is 1.26. The van der Waals surface area contributed by atoms with Gasteiger partial charge in [-0.2, -0.15) is 0 Å². The van der Waals surface area contributed by atoms with E-state index in [0.717, 1.165) is 0 Å². The minimum Gasteiger partial charge on any atom is -0.463 e. The minimum absolute atomic E-state index is 0.270. The highest BCUT2D eigenvalue weighted by molar-refractivity contribution is 5.65. The number of hydrogen-bond donors (Lipinski definition) is 0. The highest BCUT2D eigenvalue weighted by Crippen LogP contribution is 1.84. The van der Waals surface area contributed by atoms with E-state index in [0.29, 0.717) is 66.1 Å². The van der Waals surface area contributed by atoms with Crippen LogP contribution in [0.15, 0.2) is 0 Å². The van der Waals surface area contributed by atoms with Crippen molar-refractivity contribution in [3.63, 3.8) is 0 Å². The van der Waals surface area contributed by atoms with E-state index in [4.69, 9.17) is 34.8 Å². The molecule has 0 bridgehead atoms. The van der Waals surface area contributed by atoms with Crippen molar-refractivity contribution >= 4 is 5.97 Å². The van der Waals surface area contributed by atoms with Gasteiger partial charge in [-0.1, -0.05) is 5.92 Å². The van der Waals surface area contributed by atoms with Crippen LogP contribution in [0.25, 0.3) is 0 Å². The van der Waals surface area contributed by atoms with Gasteiger partial charge in [-0.3, -0.25) is 4.79 Å². The molecule has 0 aromatic heterocycles. The predicted molar refractivity (Wildman–Crippen MR) is 79.6 cm³/mol. The Hall–Kier alpha value is -1.17. The van der Waals surface area contributed by atoms with Crippen LogP contribution < -0.4 is 0 Å². The molecule has 0 atom stereocenters. The SMILES string of the molecule is C#CCOCCOCCOCCOCCOCCOC(C)=O. The molecule has 0 amide bonds. The molecule has 0 fully saturated rings. The Balaban J connectivity index is 2.97. The van der Waals surface area contributed by atoms with E-state index >= 15 is 0 Å². The summed E-state index contributed by atoms with van der Waals surface area (Å²) >= 11 is 0. The van der Waals surface area contributed by atoms with Gasteiger partial charge >= 0.3 is 5.97 Å². The zero-order chi connectivity index (χ0) is 16.3. The normalized spacial score (nSPS) is 10.4. The summed E-state index contributed by atoms with van der Waals surface area (Å²) in [4.78, 5) is 10.5. The average molecular weight is 318 g/mol. The first-order valence-electron chi connectivity index (χ1n) is 7.23. The molecular weight excluding hydrogens is 292 g/mol. The molecule has 0 saturated heterocycles. The highest BCUT2D eigenvalue weighted by atomic mass is 16.6. The van der Waals surface area contributed by atoms with Crippen molar-refractivity contribution in [2.24, 2.45) is 0 Å². The smallest absolute Gasteiger partial charge is 0.302 e. The van der Waals surface area contributed by atoms with Gasteiger partial charge in [-0.25, -0.2) is 0 Å². The Kier molecular flexibility index (Phi) is 16.9. The van der Waals surface area contributed by atoms with Crippen LogP contribution in [0.3, 0.4) is 0 Å². The third kappa shape index (κ3) is 18.8. The van der Waals surface area contributed by atoms with Crippen molar-refractivity contribution in [2.75, 3.05) is 72.7 Å². The van der Waals surface area contributed by atoms with Gasteiger partial charge < -0.3 is 28.4 Å². The van der Waals surface area contributed by atoms with E-state index in [1.54, 1.807) is 0 Å². The number of terminal acetylenes is 1. The van der Waals surface area contributed by atoms with Crippen LogP contribution in [0.5, 0.6) is 0 Å². The number of hydrogen-bond acceptors (Lipinski definition) is 7. The number of esters is 1. The second kappa shape index (κ2) is 17.9. The molecule has 7 nitrogen and oxygen atoms in total. The van der Waals surface area contributed by atoms with Crippen molar-refractivity contribution in [3.05, 3.63) is 0 Å². The van der Waals surface area contributed by atoms with E-state index < -0.39 is 0 Å². The Morgan fingerprint density at radius 1 is 0.727 bits per heavy atom. The third-order valence-electron chi connectivity index (χ3n) is 2.21. The second-order valence-corrected chi connectivity index (χ2v) is 4.05. The molecule has 0 radical (unpaired) electrons. The molecule has 0 N–H and O–H groups in total. The number of carbonyl (C=O) groups excluding carboxylic acids is 1. The quantitative estimate of drug-likeness (QED) is 0.230. The summed E-state index contributed by atoms with van der Waals surface area (Å²) in [7, 11) is 0. The van der Waals surface area contributed by atoms with Crippen molar-refractivity contribution in [2.45, 2.75) is 6.92 Å². The molecule has 0 unspecified atom stereocenters. The number of ether oxygens (including phenoxy) is 6. The zero-order valence-corrected chi connectivity index (χ0v) is 13.2. The lowest BCUT2D eigenvalue weighted by Crippen LogP contribution is -2.14. The van der Waals surface area contributed by atoms with E-state index in [9.17, 15) is 4.79 Å². The van der Waals surface area contributed by atoms with Crippen LogP contribution in [0.1, 0.15) is 6.92 Å². The van der Waals surface area contributed by atoms with E-state index in [-0.39, 0.29) is 12.6 Å². The van der Waals surface area contributed by atoms with Gasteiger partial charge in [0.25, 0.3) is 0 Å². The van der Waals surface area contributed by atoms with Crippen LogP contribution >= 0.6 is 0 Å². The lowest BCUT2D eigenvalue weighted by atomic mass is 10.6. The van der Waals surface area contributed by atoms with Crippen LogP contribution in [0.4, 0.5) is 0 Å². The summed E-state index contributed by atoms with van der Waals surface area (Å²) in [6, 6.07) is 0. The lowest BCUT2D eigenvalue weighted by Gasteiger charge is -2.07. The molecule has 0 heterocycles. The van der Waals surface area contributed by atoms with Crippen molar-refractivity contribution in [1.29, 1.82) is 0 Å². The molecule has 7 heteroatoms. The summed E-state index contributed by atoms with van der Waals surface area (Å²) in [5.41, 5.74) is 0. The molecule has 0 saturated carbocycles. The topological polar surface area (TPSA) is 72.5 Å². The van der Waals surface area contributed by atoms with Gasteiger partial charge in [0.05, 0.1) is 59.5 Å². The Morgan fingerprint density at radius 3 is 1.45 bits per heavy atom. The van der Waals surface area contributed by atoms with Crippen LogP contribution in [0.2, 0.25) is 0 Å². The van der Waals surface area contributed by atoms with Crippen molar-refractivity contribution in [1.82, 2.24) is 0 Å². The number of carbonyl (C=O) groups is 1. The first kappa shape index (κ1) is 20.8. The maximum Gasteiger partial charge on any atom is 0.302 e. The molecule has 0 aliphatic heterocycles. The molecule has 0 aliphatic rings. The summed E-state index contributed by atoms with van der Waals surface area (Å²) < 4.78 is 30.8. The predicted octanol–water partition coefficient (Wildman–Crippen LogP) is 0.266. The third-order valence-corrected chi connectivity index (χ3v) is 2.21. The molecule has 0 rings (SSSR count). The Labute approximate surface area is 132 Å². The van der Waals surface area contributed by atoms with Crippen LogP contribution in [-0.2, 0) is 33.2 Å². The fourth-order valence-electron chi connectivity index (χ4n) is 1.26. The summed E-state index contributed by atoms with van der Waals surface area (Å²) in [5.74, 6) is 2.07. The van der Waals surface area contributed by atoms with Crippen LogP contribution in [-0.4, -0.2) is 78.6 Å².